The molecule has 0 atom stereocenters. The van der Waals surface area contributed by atoms with E-state index in [1.165, 1.54) is 0 Å². The summed E-state index contributed by atoms with van der Waals surface area (Å²) >= 11 is 0. The summed E-state index contributed by atoms with van der Waals surface area (Å²) in [5.41, 5.74) is 4.45. The summed E-state index contributed by atoms with van der Waals surface area (Å²) in [5, 5.41) is 2.53. The molecule has 0 aromatic carbocycles. The number of halogens is 2. The van der Waals surface area contributed by atoms with Gasteiger partial charge in [0.05, 0.1) is 6.54 Å². The fourth-order valence-electron chi connectivity index (χ4n) is 0.647. The maximum Gasteiger partial charge on any atom is 0.336 e. The second-order valence-electron chi connectivity index (χ2n) is 2.72. The summed E-state index contributed by atoms with van der Waals surface area (Å²) < 4.78 is 24.8. The van der Waals surface area contributed by atoms with Crippen LogP contribution in [0, 0.1) is 0 Å². The fraction of sp³-hybridized carbons (Fsp3) is 0.833. The molecule has 1 amide bonds. The zero-order valence-corrected chi connectivity index (χ0v) is 5.94. The van der Waals surface area contributed by atoms with Crippen molar-refractivity contribution in [2.24, 2.45) is 5.73 Å². The van der Waals surface area contributed by atoms with E-state index in [4.69, 9.17) is 0 Å². The number of alkyl halides is 2. The van der Waals surface area contributed by atoms with Gasteiger partial charge in [0.1, 0.15) is 0 Å². The number of nitrogens with one attached hydrogen (secondary N) is 1. The van der Waals surface area contributed by atoms with Crippen LogP contribution in [0.3, 0.4) is 0 Å². The molecule has 64 valence electrons. The lowest BCUT2D eigenvalue weighted by Gasteiger charge is -2.11. The molecule has 0 unspecified atom stereocenters. The monoisotopic (exact) mass is 164 g/mol. The van der Waals surface area contributed by atoms with Crippen molar-refractivity contribution in [3.05, 3.63) is 0 Å². The van der Waals surface area contributed by atoms with E-state index in [1.54, 1.807) is 0 Å². The number of nitrogens with two attached hydrogens (primary N) is 1. The lowest BCUT2D eigenvalue weighted by Crippen LogP contribution is -2.44. The van der Waals surface area contributed by atoms with E-state index in [0.717, 1.165) is 12.8 Å². The Kier molecular flexibility index (Phi) is 2.08. The molecule has 0 radical (unpaired) electrons. The Morgan fingerprint density at radius 1 is 1.64 bits per heavy atom. The summed E-state index contributed by atoms with van der Waals surface area (Å²) in [4.78, 5) is 10.1. The highest BCUT2D eigenvalue weighted by Crippen LogP contribution is 2.20. The number of hydrogen-bond donors (Lipinski definition) is 2. The lowest BCUT2D eigenvalue weighted by atomic mass is 10.3. The number of carbonyl (C=O) groups excluding carboxylic acids is 1. The van der Waals surface area contributed by atoms with E-state index in [-0.39, 0.29) is 6.04 Å². The van der Waals surface area contributed by atoms with Crippen LogP contribution in [0.5, 0.6) is 0 Å². The van der Waals surface area contributed by atoms with Crippen molar-refractivity contribution < 1.29 is 13.6 Å². The third-order valence-electron chi connectivity index (χ3n) is 1.55. The molecule has 0 spiro atoms. The first-order valence-corrected chi connectivity index (χ1v) is 3.43. The fourth-order valence-corrected chi connectivity index (χ4v) is 0.647. The van der Waals surface area contributed by atoms with E-state index < -0.39 is 18.4 Å². The average molecular weight is 164 g/mol. The molecule has 0 heterocycles. The SMILES string of the molecule is NC(=O)C(F)(F)CNC1CC1. The molecule has 1 aliphatic carbocycles. The Balaban J connectivity index is 2.26. The van der Waals surface area contributed by atoms with Gasteiger partial charge in [-0.3, -0.25) is 4.79 Å². The lowest BCUT2D eigenvalue weighted by molar-refractivity contribution is -0.141. The maximum atomic E-state index is 12.4. The average Bonchev–Trinajstić information content (AvgIpc) is 2.65. The zero-order valence-electron chi connectivity index (χ0n) is 5.94. The Morgan fingerprint density at radius 2 is 2.18 bits per heavy atom. The molecular formula is C6H10F2N2O. The minimum Gasteiger partial charge on any atom is -0.364 e. The van der Waals surface area contributed by atoms with E-state index >= 15 is 0 Å². The van der Waals surface area contributed by atoms with Crippen LogP contribution in [0.2, 0.25) is 0 Å². The summed E-state index contributed by atoms with van der Waals surface area (Å²) in [7, 11) is 0. The second-order valence-corrected chi connectivity index (χ2v) is 2.72. The molecule has 0 aromatic rings. The van der Waals surface area contributed by atoms with E-state index in [2.05, 4.69) is 11.1 Å². The minimum atomic E-state index is -3.40. The van der Waals surface area contributed by atoms with Crippen LogP contribution in [-0.4, -0.2) is 24.4 Å². The molecule has 3 N–H and O–H groups in total. The normalized spacial score (nSPS) is 18.4. The van der Waals surface area contributed by atoms with Crippen molar-refractivity contribution in [3.8, 4) is 0 Å². The molecule has 1 rings (SSSR count). The van der Waals surface area contributed by atoms with Crippen LogP contribution in [0.25, 0.3) is 0 Å². The highest BCUT2D eigenvalue weighted by atomic mass is 19.3. The van der Waals surface area contributed by atoms with Crippen LogP contribution >= 0.6 is 0 Å². The summed E-state index contributed by atoms with van der Waals surface area (Å²) in [6, 6.07) is 0.167. The molecule has 0 bridgehead atoms. The van der Waals surface area contributed by atoms with Crippen molar-refractivity contribution in [1.82, 2.24) is 5.32 Å². The Bertz CT molecular complexity index is 168. The molecule has 3 nitrogen and oxygen atoms in total. The van der Waals surface area contributed by atoms with Gasteiger partial charge >= 0.3 is 5.92 Å². The van der Waals surface area contributed by atoms with Gasteiger partial charge in [-0.05, 0) is 12.8 Å². The van der Waals surface area contributed by atoms with Gasteiger partial charge in [-0.25, -0.2) is 0 Å². The predicted molar refractivity (Wildman–Crippen MR) is 35.2 cm³/mol. The quantitative estimate of drug-likeness (QED) is 0.607. The van der Waals surface area contributed by atoms with Crippen molar-refractivity contribution >= 4 is 5.91 Å². The molecule has 0 aliphatic heterocycles. The van der Waals surface area contributed by atoms with Gasteiger partial charge in [-0.15, -0.1) is 0 Å². The molecule has 1 aliphatic rings. The smallest absolute Gasteiger partial charge is 0.336 e. The van der Waals surface area contributed by atoms with E-state index in [9.17, 15) is 13.6 Å². The van der Waals surface area contributed by atoms with Crippen LogP contribution in [-0.2, 0) is 4.79 Å². The van der Waals surface area contributed by atoms with Gasteiger partial charge in [-0.2, -0.15) is 8.78 Å². The Labute approximate surface area is 62.9 Å². The first-order chi connectivity index (χ1) is 5.02. The first kappa shape index (κ1) is 8.39. The molecule has 0 saturated heterocycles. The van der Waals surface area contributed by atoms with Crippen molar-refractivity contribution in [2.45, 2.75) is 24.8 Å². The van der Waals surface area contributed by atoms with Crippen molar-refractivity contribution in [3.63, 3.8) is 0 Å². The van der Waals surface area contributed by atoms with E-state index in [0.29, 0.717) is 0 Å². The summed E-state index contributed by atoms with van der Waals surface area (Å²) in [6.07, 6.45) is 1.82. The maximum absolute atomic E-state index is 12.4. The summed E-state index contributed by atoms with van der Waals surface area (Å²) in [6.45, 7) is -0.632. The highest BCUT2D eigenvalue weighted by Gasteiger charge is 2.37. The number of primary amides is 1. The van der Waals surface area contributed by atoms with Crippen molar-refractivity contribution in [2.75, 3.05) is 6.54 Å². The Hall–Kier alpha value is -0.710. The standard InChI is InChI=1S/C6H10F2N2O/c7-6(8,5(9)11)3-10-4-1-2-4/h4,10H,1-3H2,(H2,9,11). The van der Waals surface area contributed by atoms with Crippen LogP contribution in [0.1, 0.15) is 12.8 Å². The van der Waals surface area contributed by atoms with Gasteiger partial charge in [0.2, 0.25) is 0 Å². The molecule has 5 heteroatoms. The van der Waals surface area contributed by atoms with Crippen LogP contribution in [0.15, 0.2) is 0 Å². The summed E-state index contributed by atoms with van der Waals surface area (Å²) in [5.74, 6) is -4.96. The molecule has 1 saturated carbocycles. The van der Waals surface area contributed by atoms with Gasteiger partial charge < -0.3 is 11.1 Å². The molecule has 1 fully saturated rings. The Morgan fingerprint density at radius 3 is 2.55 bits per heavy atom. The minimum absolute atomic E-state index is 0.167. The van der Waals surface area contributed by atoms with Gasteiger partial charge in [0.25, 0.3) is 5.91 Å². The molecular weight excluding hydrogens is 154 g/mol. The number of carbonyl (C=O) groups is 1. The zero-order chi connectivity index (χ0) is 8.48. The number of amides is 1. The van der Waals surface area contributed by atoms with E-state index in [1.807, 2.05) is 0 Å². The third kappa shape index (κ3) is 2.42. The second kappa shape index (κ2) is 2.73. The molecule has 11 heavy (non-hydrogen) atoms. The third-order valence-corrected chi connectivity index (χ3v) is 1.55. The van der Waals surface area contributed by atoms with Crippen molar-refractivity contribution in [1.29, 1.82) is 0 Å². The topological polar surface area (TPSA) is 55.1 Å². The number of rotatable bonds is 4. The largest absolute Gasteiger partial charge is 0.364 e. The van der Waals surface area contributed by atoms with Gasteiger partial charge in [-0.1, -0.05) is 0 Å². The van der Waals surface area contributed by atoms with Gasteiger partial charge in [0, 0.05) is 6.04 Å². The van der Waals surface area contributed by atoms with Crippen LogP contribution < -0.4 is 11.1 Å². The van der Waals surface area contributed by atoms with Crippen LogP contribution in [0.4, 0.5) is 8.78 Å². The predicted octanol–water partition coefficient (Wildman–Crippen LogP) is -0.141. The number of hydrogen-bond acceptors (Lipinski definition) is 2. The van der Waals surface area contributed by atoms with Gasteiger partial charge in [0.15, 0.2) is 0 Å². The highest BCUT2D eigenvalue weighted by molar-refractivity contribution is 5.81. The first-order valence-electron chi connectivity index (χ1n) is 3.43. The molecule has 0 aromatic heterocycles.